The highest BCUT2D eigenvalue weighted by Crippen LogP contribution is 2.35. The molecule has 1 aliphatic carbocycles. The number of nitrogens with zero attached hydrogens (tertiary/aromatic N) is 3. The monoisotopic (exact) mass is 268 g/mol. The van der Waals surface area contributed by atoms with Gasteiger partial charge in [0.1, 0.15) is 0 Å². The molecule has 0 atom stereocenters. The van der Waals surface area contributed by atoms with Crippen molar-refractivity contribution in [1.29, 1.82) is 0 Å². The predicted octanol–water partition coefficient (Wildman–Crippen LogP) is 3.55. The lowest BCUT2D eigenvalue weighted by Gasteiger charge is -2.25. The Bertz CT molecular complexity index is 558. The minimum Gasteiger partial charge on any atom is -0.388 e. The molecule has 1 aromatic carbocycles. The summed E-state index contributed by atoms with van der Waals surface area (Å²) in [6.45, 7) is 0. The van der Waals surface area contributed by atoms with Crippen LogP contribution in [0.15, 0.2) is 36.4 Å². The molecule has 0 radical (unpaired) electrons. The maximum absolute atomic E-state index is 4.38. The zero-order valence-corrected chi connectivity index (χ0v) is 12.0. The highest BCUT2D eigenvalue weighted by molar-refractivity contribution is 5.61. The molecule has 0 spiro atoms. The number of nitrogens with one attached hydrogen (secondary N) is 1. The van der Waals surface area contributed by atoms with Crippen molar-refractivity contribution in [3.63, 3.8) is 0 Å². The first-order valence-electron chi connectivity index (χ1n) is 7.13. The van der Waals surface area contributed by atoms with Crippen molar-refractivity contribution in [3.8, 4) is 0 Å². The zero-order chi connectivity index (χ0) is 13.9. The lowest BCUT2D eigenvalue weighted by atomic mass is 9.83. The van der Waals surface area contributed by atoms with Crippen LogP contribution in [0.4, 0.5) is 17.2 Å². The molecule has 1 heterocycles. The molecule has 1 aliphatic rings. The summed E-state index contributed by atoms with van der Waals surface area (Å²) in [5.41, 5.74) is 3.35. The van der Waals surface area contributed by atoms with Crippen molar-refractivity contribution >= 4 is 17.2 Å². The normalized spacial score (nSPS) is 14.7. The van der Waals surface area contributed by atoms with Gasteiger partial charge < -0.3 is 10.2 Å². The van der Waals surface area contributed by atoms with E-state index in [1.54, 1.807) is 0 Å². The number of hydrogen-bond donors (Lipinski definition) is 1. The highest BCUT2D eigenvalue weighted by atomic mass is 15.2. The maximum atomic E-state index is 4.38. The summed E-state index contributed by atoms with van der Waals surface area (Å²) >= 11 is 0. The van der Waals surface area contributed by atoms with Crippen LogP contribution in [0.1, 0.15) is 30.9 Å². The molecule has 0 saturated heterocycles. The van der Waals surface area contributed by atoms with Crippen LogP contribution in [-0.4, -0.2) is 24.3 Å². The van der Waals surface area contributed by atoms with E-state index in [2.05, 4.69) is 56.8 Å². The Hall–Kier alpha value is -2.10. The van der Waals surface area contributed by atoms with Crippen molar-refractivity contribution in [1.82, 2.24) is 10.2 Å². The van der Waals surface area contributed by atoms with Crippen LogP contribution < -0.4 is 10.2 Å². The quantitative estimate of drug-likeness (QED) is 0.920. The van der Waals surface area contributed by atoms with Gasteiger partial charge in [-0.1, -0.05) is 6.42 Å². The van der Waals surface area contributed by atoms with E-state index in [-0.39, 0.29) is 0 Å². The standard InChI is InChI=1S/C16H20N4/c1-17-13-6-8-14(9-7-13)20(2)16-11-10-15(18-19-16)12-4-3-5-12/h6-12,17H,3-5H2,1-2H3. The molecule has 0 aliphatic heterocycles. The molecule has 4 nitrogen and oxygen atoms in total. The van der Waals surface area contributed by atoms with Crippen molar-refractivity contribution < 1.29 is 0 Å². The predicted molar refractivity (Wildman–Crippen MR) is 82.7 cm³/mol. The topological polar surface area (TPSA) is 41.0 Å². The molecule has 104 valence electrons. The first-order valence-corrected chi connectivity index (χ1v) is 7.13. The summed E-state index contributed by atoms with van der Waals surface area (Å²) in [5.74, 6) is 1.52. The van der Waals surface area contributed by atoms with Crippen molar-refractivity contribution in [2.24, 2.45) is 0 Å². The third kappa shape index (κ3) is 2.46. The number of rotatable bonds is 4. The van der Waals surface area contributed by atoms with Crippen LogP contribution in [-0.2, 0) is 0 Å². The second-order valence-corrected chi connectivity index (χ2v) is 5.30. The average Bonchev–Trinajstić information content (AvgIpc) is 2.46. The van der Waals surface area contributed by atoms with E-state index in [9.17, 15) is 0 Å². The largest absolute Gasteiger partial charge is 0.388 e. The molecule has 1 N–H and O–H groups in total. The summed E-state index contributed by atoms with van der Waals surface area (Å²) in [7, 11) is 3.94. The molecule has 1 aromatic heterocycles. The van der Waals surface area contributed by atoms with Gasteiger partial charge in [-0.3, -0.25) is 0 Å². The zero-order valence-electron chi connectivity index (χ0n) is 12.0. The number of anilines is 3. The van der Waals surface area contributed by atoms with Crippen LogP contribution in [0.25, 0.3) is 0 Å². The summed E-state index contributed by atoms with van der Waals surface area (Å²) in [6.07, 6.45) is 3.84. The molecule has 4 heteroatoms. The fraction of sp³-hybridized carbons (Fsp3) is 0.375. The molecular weight excluding hydrogens is 248 g/mol. The SMILES string of the molecule is CNc1ccc(N(C)c2ccc(C3CCC3)nn2)cc1. The average molecular weight is 268 g/mol. The van der Waals surface area contributed by atoms with Crippen molar-refractivity contribution in [2.45, 2.75) is 25.2 Å². The Morgan fingerprint density at radius 2 is 1.80 bits per heavy atom. The van der Waals surface area contributed by atoms with Gasteiger partial charge in [-0.05, 0) is 49.2 Å². The van der Waals surface area contributed by atoms with E-state index in [0.29, 0.717) is 5.92 Å². The third-order valence-electron chi connectivity index (χ3n) is 4.08. The molecule has 20 heavy (non-hydrogen) atoms. The first kappa shape index (κ1) is 12.9. The Labute approximate surface area is 119 Å². The Morgan fingerprint density at radius 3 is 2.30 bits per heavy atom. The summed E-state index contributed by atoms with van der Waals surface area (Å²) < 4.78 is 0. The van der Waals surface area contributed by atoms with Gasteiger partial charge in [-0.15, -0.1) is 5.10 Å². The van der Waals surface area contributed by atoms with Gasteiger partial charge in [-0.25, -0.2) is 0 Å². The smallest absolute Gasteiger partial charge is 0.155 e. The van der Waals surface area contributed by atoms with Crippen LogP contribution in [0, 0.1) is 0 Å². The molecule has 0 amide bonds. The van der Waals surface area contributed by atoms with Crippen LogP contribution in [0.2, 0.25) is 0 Å². The van der Waals surface area contributed by atoms with Gasteiger partial charge >= 0.3 is 0 Å². The van der Waals surface area contributed by atoms with Gasteiger partial charge in [-0.2, -0.15) is 5.10 Å². The number of hydrogen-bond acceptors (Lipinski definition) is 4. The molecule has 1 saturated carbocycles. The van der Waals surface area contributed by atoms with Crippen LogP contribution in [0.3, 0.4) is 0 Å². The maximum Gasteiger partial charge on any atom is 0.155 e. The Morgan fingerprint density at radius 1 is 1.05 bits per heavy atom. The molecule has 1 fully saturated rings. The van der Waals surface area contributed by atoms with Gasteiger partial charge in [0.25, 0.3) is 0 Å². The number of aromatic nitrogens is 2. The van der Waals surface area contributed by atoms with Gasteiger partial charge in [0.05, 0.1) is 5.69 Å². The highest BCUT2D eigenvalue weighted by Gasteiger charge is 2.21. The summed E-state index contributed by atoms with van der Waals surface area (Å²) in [4.78, 5) is 2.05. The molecular formula is C16H20N4. The van der Waals surface area contributed by atoms with Gasteiger partial charge in [0.15, 0.2) is 5.82 Å². The van der Waals surface area contributed by atoms with E-state index < -0.39 is 0 Å². The molecule has 0 unspecified atom stereocenters. The Balaban J connectivity index is 1.76. The summed E-state index contributed by atoms with van der Waals surface area (Å²) in [6, 6.07) is 12.4. The van der Waals surface area contributed by atoms with E-state index >= 15 is 0 Å². The molecule has 0 bridgehead atoms. The van der Waals surface area contributed by atoms with Gasteiger partial charge in [0.2, 0.25) is 0 Å². The van der Waals surface area contributed by atoms with E-state index in [0.717, 1.165) is 22.9 Å². The molecule has 2 aromatic rings. The van der Waals surface area contributed by atoms with E-state index in [4.69, 9.17) is 0 Å². The number of benzene rings is 1. The second kappa shape index (κ2) is 5.49. The third-order valence-corrected chi connectivity index (χ3v) is 4.08. The first-order chi connectivity index (χ1) is 9.78. The summed E-state index contributed by atoms with van der Waals surface area (Å²) in [5, 5.41) is 11.9. The fourth-order valence-electron chi connectivity index (χ4n) is 2.42. The second-order valence-electron chi connectivity index (χ2n) is 5.30. The lowest BCUT2D eigenvalue weighted by molar-refractivity contribution is 0.408. The van der Waals surface area contributed by atoms with Crippen LogP contribution >= 0.6 is 0 Å². The lowest BCUT2D eigenvalue weighted by Crippen LogP contribution is -2.15. The molecule has 3 rings (SSSR count). The van der Waals surface area contributed by atoms with Crippen LogP contribution in [0.5, 0.6) is 0 Å². The van der Waals surface area contributed by atoms with E-state index in [1.165, 1.54) is 19.3 Å². The minimum absolute atomic E-state index is 0.636. The van der Waals surface area contributed by atoms with E-state index in [1.807, 2.05) is 14.1 Å². The minimum atomic E-state index is 0.636. The fourth-order valence-corrected chi connectivity index (χ4v) is 2.42. The van der Waals surface area contributed by atoms with Crippen molar-refractivity contribution in [3.05, 3.63) is 42.1 Å². The van der Waals surface area contributed by atoms with Crippen molar-refractivity contribution in [2.75, 3.05) is 24.3 Å². The van der Waals surface area contributed by atoms with Gasteiger partial charge in [0, 0.05) is 31.4 Å². The Kier molecular flexibility index (Phi) is 3.54.